The molecule has 0 spiro atoms. The average molecular weight is 375 g/mol. The molecule has 3 rings (SSSR count). The molecule has 9 heteroatoms. The van der Waals surface area contributed by atoms with Crippen LogP contribution in [0.1, 0.15) is 29.5 Å². The smallest absolute Gasteiger partial charge is 0.274 e. The summed E-state index contributed by atoms with van der Waals surface area (Å²) in [5.41, 5.74) is 6.84. The number of carbonyl (C=O) groups excluding carboxylic acids is 1. The lowest BCUT2D eigenvalue weighted by molar-refractivity contribution is 0.102. The maximum Gasteiger partial charge on any atom is 0.274 e. The van der Waals surface area contributed by atoms with E-state index >= 15 is 0 Å². The minimum absolute atomic E-state index is 0.192. The van der Waals surface area contributed by atoms with Gasteiger partial charge in [0, 0.05) is 17.6 Å². The zero-order chi connectivity index (χ0) is 18.6. The summed E-state index contributed by atoms with van der Waals surface area (Å²) in [6.45, 7) is 1.02. The van der Waals surface area contributed by atoms with Crippen LogP contribution in [0.2, 0.25) is 0 Å². The van der Waals surface area contributed by atoms with Crippen molar-refractivity contribution < 1.29 is 13.9 Å². The second-order valence-electron chi connectivity index (χ2n) is 5.84. The van der Waals surface area contributed by atoms with Crippen molar-refractivity contribution in [1.82, 2.24) is 9.97 Å². The lowest BCUT2D eigenvalue weighted by atomic mass is 9.94. The molecule has 0 unspecified atom stereocenters. The number of pyridine rings is 2. The monoisotopic (exact) mass is 375 g/mol. The molecule has 0 radical (unpaired) electrons. The van der Waals surface area contributed by atoms with E-state index in [-0.39, 0.29) is 17.4 Å². The van der Waals surface area contributed by atoms with Crippen LogP contribution in [-0.2, 0) is 5.54 Å². The van der Waals surface area contributed by atoms with Gasteiger partial charge in [-0.25, -0.2) is 14.4 Å². The van der Waals surface area contributed by atoms with Gasteiger partial charge in [0.25, 0.3) is 5.91 Å². The largest absolute Gasteiger partial charge is 0.461 e. The molecule has 0 saturated heterocycles. The first-order valence-corrected chi connectivity index (χ1v) is 8.89. The summed E-state index contributed by atoms with van der Waals surface area (Å²) >= 11 is 1.52. The van der Waals surface area contributed by atoms with Crippen LogP contribution in [0.25, 0.3) is 0 Å². The SMILES string of the molecule is C[C@@]1(c2cc(NC(=O)c3ccc(OCF)cn3)ccn2)CCSC(N)=N1. The second kappa shape index (κ2) is 7.69. The Morgan fingerprint density at radius 1 is 1.42 bits per heavy atom. The van der Waals surface area contributed by atoms with Crippen molar-refractivity contribution in [2.24, 2.45) is 10.7 Å². The van der Waals surface area contributed by atoms with Gasteiger partial charge >= 0.3 is 0 Å². The number of rotatable bonds is 5. The highest BCUT2D eigenvalue weighted by atomic mass is 32.2. The molecule has 0 bridgehead atoms. The molecule has 26 heavy (non-hydrogen) atoms. The molecule has 2 aromatic heterocycles. The fourth-order valence-corrected chi connectivity index (χ4v) is 3.51. The standard InChI is InChI=1S/C17H18FN5O2S/c1-17(5-7-26-16(19)23-17)14-8-11(4-6-20-14)22-15(24)13-3-2-12(9-21-13)25-10-18/h2-4,6,8-9H,5,7,10H2,1H3,(H2,19,23)(H,20,22,24)/t17-/m0/s1. The molecule has 1 aliphatic rings. The van der Waals surface area contributed by atoms with Crippen molar-refractivity contribution in [3.05, 3.63) is 48.0 Å². The van der Waals surface area contributed by atoms with Crippen LogP contribution in [-0.4, -0.2) is 33.7 Å². The van der Waals surface area contributed by atoms with E-state index in [1.807, 2.05) is 6.92 Å². The summed E-state index contributed by atoms with van der Waals surface area (Å²) in [7, 11) is 0. The van der Waals surface area contributed by atoms with Gasteiger partial charge in [-0.15, -0.1) is 0 Å². The van der Waals surface area contributed by atoms with Crippen LogP contribution >= 0.6 is 11.8 Å². The van der Waals surface area contributed by atoms with E-state index in [0.717, 1.165) is 17.9 Å². The highest BCUT2D eigenvalue weighted by Gasteiger charge is 2.31. The minimum atomic E-state index is -0.947. The third kappa shape index (κ3) is 4.10. The first-order valence-electron chi connectivity index (χ1n) is 7.91. The molecule has 0 saturated carbocycles. The molecule has 0 fully saturated rings. The Morgan fingerprint density at radius 2 is 2.27 bits per heavy atom. The molecule has 1 atom stereocenters. The van der Waals surface area contributed by atoms with Crippen LogP contribution < -0.4 is 15.8 Å². The number of halogens is 1. The van der Waals surface area contributed by atoms with Gasteiger partial charge in [-0.1, -0.05) is 11.8 Å². The number of amidine groups is 1. The molecule has 3 heterocycles. The fraction of sp³-hybridized carbons (Fsp3) is 0.294. The Balaban J connectivity index is 1.76. The predicted octanol–water partition coefficient (Wildman–Crippen LogP) is 2.70. The molecule has 3 N–H and O–H groups in total. The number of anilines is 1. The van der Waals surface area contributed by atoms with E-state index < -0.39 is 12.4 Å². The fourth-order valence-electron chi connectivity index (χ4n) is 2.53. The van der Waals surface area contributed by atoms with Crippen molar-refractivity contribution in [2.45, 2.75) is 18.9 Å². The number of carbonyl (C=O) groups is 1. The van der Waals surface area contributed by atoms with Gasteiger partial charge in [0.1, 0.15) is 17.0 Å². The second-order valence-corrected chi connectivity index (χ2v) is 6.95. The number of hydrogen-bond acceptors (Lipinski definition) is 7. The van der Waals surface area contributed by atoms with E-state index in [0.29, 0.717) is 10.9 Å². The molecule has 0 aliphatic carbocycles. The van der Waals surface area contributed by atoms with E-state index in [1.165, 1.54) is 30.1 Å². The summed E-state index contributed by atoms with van der Waals surface area (Å²) in [5.74, 6) is 0.733. The predicted molar refractivity (Wildman–Crippen MR) is 99.1 cm³/mol. The van der Waals surface area contributed by atoms with Gasteiger partial charge in [-0.05, 0) is 37.6 Å². The van der Waals surface area contributed by atoms with E-state index in [9.17, 15) is 9.18 Å². The van der Waals surface area contributed by atoms with Crippen LogP contribution in [0, 0.1) is 0 Å². The zero-order valence-corrected chi connectivity index (χ0v) is 14.9. The van der Waals surface area contributed by atoms with Crippen LogP contribution in [0.3, 0.4) is 0 Å². The summed E-state index contributed by atoms with van der Waals surface area (Å²) in [6.07, 6.45) is 3.72. The number of amides is 1. The number of nitrogens with one attached hydrogen (secondary N) is 1. The average Bonchev–Trinajstić information content (AvgIpc) is 2.63. The number of nitrogens with zero attached hydrogens (tertiary/aromatic N) is 3. The lowest BCUT2D eigenvalue weighted by Crippen LogP contribution is -2.29. The first-order chi connectivity index (χ1) is 12.5. The molecular formula is C17H18FN5O2S. The number of nitrogens with two attached hydrogens (primary N) is 1. The highest BCUT2D eigenvalue weighted by molar-refractivity contribution is 8.13. The molecule has 136 valence electrons. The lowest BCUT2D eigenvalue weighted by Gasteiger charge is -2.28. The van der Waals surface area contributed by atoms with E-state index in [4.69, 9.17) is 5.73 Å². The normalized spacial score (nSPS) is 19.5. The number of ether oxygens (including phenoxy) is 1. The number of thioether (sulfide) groups is 1. The number of alkyl halides is 1. The van der Waals surface area contributed by atoms with Gasteiger partial charge in [0.05, 0.1) is 11.9 Å². The van der Waals surface area contributed by atoms with Gasteiger partial charge < -0.3 is 15.8 Å². The van der Waals surface area contributed by atoms with Crippen molar-refractivity contribution in [3.63, 3.8) is 0 Å². The number of hydrogen-bond donors (Lipinski definition) is 2. The zero-order valence-electron chi connectivity index (χ0n) is 14.1. The Hall–Kier alpha value is -2.68. The Kier molecular flexibility index (Phi) is 5.36. The molecule has 7 nitrogen and oxygen atoms in total. The quantitative estimate of drug-likeness (QED) is 0.833. The number of aromatic nitrogens is 2. The summed E-state index contributed by atoms with van der Waals surface area (Å²) in [6, 6.07) is 6.42. The van der Waals surface area contributed by atoms with Crippen molar-refractivity contribution in [3.8, 4) is 5.75 Å². The molecule has 0 aromatic carbocycles. The third-order valence-corrected chi connectivity index (χ3v) is 4.75. The molecular weight excluding hydrogens is 357 g/mol. The highest BCUT2D eigenvalue weighted by Crippen LogP contribution is 2.34. The summed E-state index contributed by atoms with van der Waals surface area (Å²) in [5, 5.41) is 3.31. The molecule has 2 aromatic rings. The van der Waals surface area contributed by atoms with Crippen LogP contribution in [0.15, 0.2) is 41.7 Å². The Morgan fingerprint density at radius 3 is 2.96 bits per heavy atom. The van der Waals surface area contributed by atoms with Gasteiger partial charge in [-0.3, -0.25) is 9.78 Å². The van der Waals surface area contributed by atoms with Crippen molar-refractivity contribution >= 4 is 28.5 Å². The van der Waals surface area contributed by atoms with Crippen LogP contribution in [0.5, 0.6) is 5.75 Å². The topological polar surface area (TPSA) is 102 Å². The van der Waals surface area contributed by atoms with Crippen molar-refractivity contribution in [2.75, 3.05) is 17.9 Å². The van der Waals surface area contributed by atoms with E-state index in [1.54, 1.807) is 18.3 Å². The third-order valence-electron chi connectivity index (χ3n) is 3.96. The summed E-state index contributed by atoms with van der Waals surface area (Å²) < 4.78 is 16.8. The summed E-state index contributed by atoms with van der Waals surface area (Å²) in [4.78, 5) is 25.2. The first kappa shape index (κ1) is 18.1. The molecule has 1 amide bonds. The minimum Gasteiger partial charge on any atom is -0.461 e. The van der Waals surface area contributed by atoms with E-state index in [2.05, 4.69) is 25.0 Å². The van der Waals surface area contributed by atoms with Crippen molar-refractivity contribution in [1.29, 1.82) is 0 Å². The Labute approximate surface area is 154 Å². The van der Waals surface area contributed by atoms with Gasteiger partial charge in [0.2, 0.25) is 6.86 Å². The van der Waals surface area contributed by atoms with Crippen LogP contribution in [0.4, 0.5) is 10.1 Å². The molecule has 1 aliphatic heterocycles. The van der Waals surface area contributed by atoms with Gasteiger partial charge in [-0.2, -0.15) is 0 Å². The van der Waals surface area contributed by atoms with Gasteiger partial charge in [0.15, 0.2) is 5.17 Å². The maximum absolute atomic E-state index is 12.3. The Bertz CT molecular complexity index is 830. The maximum atomic E-state index is 12.3. The number of aliphatic imine (C=N–C) groups is 1.